The molecule has 102 valence electrons. The maximum atomic E-state index is 11.4. The predicted octanol–water partition coefficient (Wildman–Crippen LogP) is 1.17. The number of hydrogen-bond acceptors (Lipinski definition) is 5. The fraction of sp³-hybridized carbons (Fsp3) is 0.500. The molecule has 18 heavy (non-hydrogen) atoms. The molecule has 2 atom stereocenters. The standard InChI is InChI=1S/C12H18O5S/c1-8(18(4,14)15)12(13)9-5-10(16-2)7-11(6-9)17-3/h5-8,12-13H,1-4H3. The van der Waals surface area contributed by atoms with Gasteiger partial charge in [-0.15, -0.1) is 0 Å². The molecule has 0 amide bonds. The molecule has 0 radical (unpaired) electrons. The number of ether oxygens (including phenoxy) is 2. The van der Waals surface area contributed by atoms with Gasteiger partial charge in [0.05, 0.1) is 25.6 Å². The minimum atomic E-state index is -3.32. The smallest absolute Gasteiger partial charge is 0.152 e. The quantitative estimate of drug-likeness (QED) is 0.872. The summed E-state index contributed by atoms with van der Waals surface area (Å²) in [6.45, 7) is 1.46. The molecule has 1 rings (SSSR count). The lowest BCUT2D eigenvalue weighted by molar-refractivity contribution is 0.175. The van der Waals surface area contributed by atoms with E-state index in [0.717, 1.165) is 6.26 Å². The maximum Gasteiger partial charge on any atom is 0.152 e. The molecule has 0 aromatic heterocycles. The van der Waals surface area contributed by atoms with Crippen molar-refractivity contribution in [2.24, 2.45) is 0 Å². The van der Waals surface area contributed by atoms with Crippen LogP contribution in [-0.4, -0.2) is 39.2 Å². The fourth-order valence-electron chi connectivity index (χ4n) is 1.51. The second-order valence-electron chi connectivity index (χ2n) is 4.13. The molecule has 0 fully saturated rings. The van der Waals surface area contributed by atoms with Crippen LogP contribution in [0.2, 0.25) is 0 Å². The average Bonchev–Trinajstić information content (AvgIpc) is 2.35. The van der Waals surface area contributed by atoms with Crippen molar-refractivity contribution >= 4 is 9.84 Å². The minimum absolute atomic E-state index is 0.448. The van der Waals surface area contributed by atoms with E-state index in [1.54, 1.807) is 18.2 Å². The molecule has 0 aliphatic rings. The van der Waals surface area contributed by atoms with Crippen LogP contribution in [0.1, 0.15) is 18.6 Å². The van der Waals surface area contributed by atoms with Gasteiger partial charge in [0.2, 0.25) is 0 Å². The van der Waals surface area contributed by atoms with E-state index < -0.39 is 21.2 Å². The van der Waals surface area contributed by atoms with Crippen molar-refractivity contribution in [1.29, 1.82) is 0 Å². The summed E-state index contributed by atoms with van der Waals surface area (Å²) in [5.74, 6) is 1.01. The van der Waals surface area contributed by atoms with Gasteiger partial charge in [-0.3, -0.25) is 0 Å². The van der Waals surface area contributed by atoms with E-state index in [4.69, 9.17) is 9.47 Å². The zero-order valence-electron chi connectivity index (χ0n) is 10.9. The van der Waals surface area contributed by atoms with Gasteiger partial charge in [0.15, 0.2) is 9.84 Å². The third-order valence-electron chi connectivity index (χ3n) is 2.84. The Bertz CT molecular complexity index is 487. The van der Waals surface area contributed by atoms with Crippen LogP contribution in [0, 0.1) is 0 Å². The normalized spacial score (nSPS) is 14.9. The molecule has 5 nitrogen and oxygen atoms in total. The van der Waals surface area contributed by atoms with Crippen molar-refractivity contribution in [3.05, 3.63) is 23.8 Å². The van der Waals surface area contributed by atoms with Crippen LogP contribution in [-0.2, 0) is 9.84 Å². The Labute approximate surface area is 107 Å². The zero-order valence-corrected chi connectivity index (χ0v) is 11.7. The SMILES string of the molecule is COc1cc(OC)cc(C(O)C(C)S(C)(=O)=O)c1. The molecule has 0 saturated heterocycles. The Kier molecular flexibility index (Phi) is 4.59. The van der Waals surface area contributed by atoms with Crippen LogP contribution >= 0.6 is 0 Å². The van der Waals surface area contributed by atoms with Gasteiger partial charge in [-0.1, -0.05) is 0 Å². The molecular formula is C12H18O5S. The van der Waals surface area contributed by atoms with E-state index in [1.165, 1.54) is 21.1 Å². The van der Waals surface area contributed by atoms with E-state index >= 15 is 0 Å². The van der Waals surface area contributed by atoms with Gasteiger partial charge in [0, 0.05) is 12.3 Å². The van der Waals surface area contributed by atoms with Gasteiger partial charge in [-0.05, 0) is 24.6 Å². The first-order valence-electron chi connectivity index (χ1n) is 5.39. The molecule has 6 heteroatoms. The molecule has 0 spiro atoms. The number of aliphatic hydroxyl groups excluding tert-OH is 1. The number of hydrogen-bond donors (Lipinski definition) is 1. The predicted molar refractivity (Wildman–Crippen MR) is 68.8 cm³/mol. The molecular weight excluding hydrogens is 256 g/mol. The van der Waals surface area contributed by atoms with E-state index in [-0.39, 0.29) is 0 Å². The van der Waals surface area contributed by atoms with Crippen molar-refractivity contribution in [3.8, 4) is 11.5 Å². The number of rotatable bonds is 5. The van der Waals surface area contributed by atoms with Gasteiger partial charge < -0.3 is 14.6 Å². The highest BCUT2D eigenvalue weighted by atomic mass is 32.2. The topological polar surface area (TPSA) is 72.8 Å². The molecule has 0 aliphatic carbocycles. The zero-order chi connectivity index (χ0) is 13.9. The number of aliphatic hydroxyl groups is 1. The van der Waals surface area contributed by atoms with Crippen LogP contribution in [0.4, 0.5) is 0 Å². The molecule has 0 bridgehead atoms. The van der Waals surface area contributed by atoms with Gasteiger partial charge >= 0.3 is 0 Å². The van der Waals surface area contributed by atoms with Gasteiger partial charge in [0.1, 0.15) is 11.5 Å². The summed E-state index contributed by atoms with van der Waals surface area (Å²) < 4.78 is 33.0. The number of benzene rings is 1. The Hall–Kier alpha value is -1.27. The first-order valence-corrected chi connectivity index (χ1v) is 7.35. The first kappa shape index (κ1) is 14.8. The maximum absolute atomic E-state index is 11.4. The lowest BCUT2D eigenvalue weighted by Crippen LogP contribution is -2.24. The average molecular weight is 274 g/mol. The van der Waals surface area contributed by atoms with Crippen molar-refractivity contribution in [1.82, 2.24) is 0 Å². The summed E-state index contributed by atoms with van der Waals surface area (Å²) in [6, 6.07) is 4.84. The summed E-state index contributed by atoms with van der Waals surface area (Å²) in [4.78, 5) is 0. The van der Waals surface area contributed by atoms with Crippen molar-refractivity contribution in [3.63, 3.8) is 0 Å². The van der Waals surface area contributed by atoms with E-state index in [2.05, 4.69) is 0 Å². The van der Waals surface area contributed by atoms with Crippen LogP contribution in [0.3, 0.4) is 0 Å². The number of methoxy groups -OCH3 is 2. The van der Waals surface area contributed by atoms with E-state index in [0.29, 0.717) is 17.1 Å². The van der Waals surface area contributed by atoms with Crippen LogP contribution < -0.4 is 9.47 Å². The van der Waals surface area contributed by atoms with Crippen molar-refractivity contribution in [2.45, 2.75) is 18.3 Å². The molecule has 0 heterocycles. The van der Waals surface area contributed by atoms with Crippen LogP contribution in [0.15, 0.2) is 18.2 Å². The Morgan fingerprint density at radius 3 is 1.89 bits per heavy atom. The van der Waals surface area contributed by atoms with Gasteiger partial charge in [-0.25, -0.2) is 8.42 Å². The summed E-state index contributed by atoms with van der Waals surface area (Å²) in [7, 11) is -0.339. The summed E-state index contributed by atoms with van der Waals surface area (Å²) >= 11 is 0. The third kappa shape index (κ3) is 3.36. The van der Waals surface area contributed by atoms with Crippen molar-refractivity contribution < 1.29 is 23.0 Å². The third-order valence-corrected chi connectivity index (χ3v) is 4.44. The molecule has 1 N–H and O–H groups in total. The summed E-state index contributed by atoms with van der Waals surface area (Å²) in [6.07, 6.45) is -0.0258. The van der Waals surface area contributed by atoms with Crippen molar-refractivity contribution in [2.75, 3.05) is 20.5 Å². The number of sulfone groups is 1. The second kappa shape index (κ2) is 5.58. The fourth-order valence-corrected chi connectivity index (χ4v) is 2.13. The van der Waals surface area contributed by atoms with E-state index in [9.17, 15) is 13.5 Å². The lowest BCUT2D eigenvalue weighted by Gasteiger charge is -2.19. The van der Waals surface area contributed by atoms with E-state index in [1.807, 2.05) is 0 Å². The molecule has 2 unspecified atom stereocenters. The first-order chi connectivity index (χ1) is 8.29. The highest BCUT2D eigenvalue weighted by molar-refractivity contribution is 7.91. The Balaban J connectivity index is 3.16. The molecule has 0 saturated carbocycles. The van der Waals surface area contributed by atoms with Gasteiger partial charge in [0.25, 0.3) is 0 Å². The van der Waals surface area contributed by atoms with Gasteiger partial charge in [-0.2, -0.15) is 0 Å². The Morgan fingerprint density at radius 2 is 1.56 bits per heavy atom. The molecule has 1 aromatic carbocycles. The highest BCUT2D eigenvalue weighted by Gasteiger charge is 2.26. The second-order valence-corrected chi connectivity index (χ2v) is 6.53. The van der Waals surface area contributed by atoms with Crippen LogP contribution in [0.5, 0.6) is 11.5 Å². The highest BCUT2D eigenvalue weighted by Crippen LogP contribution is 2.29. The summed E-state index contributed by atoms with van der Waals surface area (Å²) in [5.41, 5.74) is 0.448. The monoisotopic (exact) mass is 274 g/mol. The van der Waals surface area contributed by atoms with Crippen LogP contribution in [0.25, 0.3) is 0 Å². The Morgan fingerprint density at radius 1 is 1.11 bits per heavy atom. The lowest BCUT2D eigenvalue weighted by atomic mass is 10.1. The largest absolute Gasteiger partial charge is 0.497 e. The summed E-state index contributed by atoms with van der Waals surface area (Å²) in [5, 5.41) is 9.18. The molecule has 1 aromatic rings. The minimum Gasteiger partial charge on any atom is -0.497 e. The molecule has 0 aliphatic heterocycles.